The van der Waals surface area contributed by atoms with Gasteiger partial charge in [0.2, 0.25) is 11.8 Å². The van der Waals surface area contributed by atoms with Crippen LogP contribution in [-0.4, -0.2) is 31.6 Å². The first kappa shape index (κ1) is 19.5. The van der Waals surface area contributed by atoms with Crippen molar-refractivity contribution in [3.05, 3.63) is 65.3 Å². The first-order valence-electron chi connectivity index (χ1n) is 9.00. The van der Waals surface area contributed by atoms with Crippen molar-refractivity contribution in [3.8, 4) is 22.8 Å². The third kappa shape index (κ3) is 4.44. The lowest BCUT2D eigenvalue weighted by Gasteiger charge is -2.11. The minimum atomic E-state index is 0.492. The molecule has 29 heavy (non-hydrogen) atoms. The number of rotatable bonds is 7. The van der Waals surface area contributed by atoms with Gasteiger partial charge >= 0.3 is 0 Å². The summed E-state index contributed by atoms with van der Waals surface area (Å²) in [5, 5.41) is 18.1. The molecule has 0 radical (unpaired) electrons. The molecule has 0 unspecified atom stereocenters. The van der Waals surface area contributed by atoms with Gasteiger partial charge in [0.25, 0.3) is 0 Å². The predicted molar refractivity (Wildman–Crippen MR) is 112 cm³/mol. The second kappa shape index (κ2) is 8.67. The largest absolute Gasteiger partial charge is 0.494 e. The van der Waals surface area contributed by atoms with Gasteiger partial charge < -0.3 is 9.15 Å². The molecule has 0 saturated carbocycles. The van der Waals surface area contributed by atoms with E-state index in [1.54, 1.807) is 6.92 Å². The third-order valence-electron chi connectivity index (χ3n) is 4.01. The molecule has 0 N–H and O–H groups in total. The highest BCUT2D eigenvalue weighted by molar-refractivity contribution is 7.98. The number of hydrogen-bond acceptors (Lipinski definition) is 7. The lowest BCUT2D eigenvalue weighted by molar-refractivity contribution is 0.340. The van der Waals surface area contributed by atoms with E-state index >= 15 is 0 Å². The van der Waals surface area contributed by atoms with Crippen molar-refractivity contribution in [2.24, 2.45) is 0 Å². The van der Waals surface area contributed by atoms with Crippen LogP contribution in [0.4, 0.5) is 0 Å². The van der Waals surface area contributed by atoms with Gasteiger partial charge in [-0.3, -0.25) is 4.57 Å². The van der Waals surface area contributed by atoms with Gasteiger partial charge in [-0.2, -0.15) is 0 Å². The standard InChI is InChI=1S/C20H18ClN5O2S/c1-3-27-17-9-7-16(8-10-17)26-19(14-5-4-6-15(21)11-14)24-25-20(26)29-12-18-23-22-13(2)28-18/h4-11H,3,12H2,1-2H3. The second-order valence-electron chi connectivity index (χ2n) is 6.08. The zero-order valence-electron chi connectivity index (χ0n) is 15.9. The quantitative estimate of drug-likeness (QED) is 0.385. The summed E-state index contributed by atoms with van der Waals surface area (Å²) in [4.78, 5) is 0. The molecule has 0 fully saturated rings. The molecular weight excluding hydrogens is 410 g/mol. The normalized spacial score (nSPS) is 11.0. The highest BCUT2D eigenvalue weighted by Gasteiger charge is 2.17. The summed E-state index contributed by atoms with van der Waals surface area (Å²) in [5.41, 5.74) is 1.79. The van der Waals surface area contributed by atoms with Crippen molar-refractivity contribution in [3.63, 3.8) is 0 Å². The Hall–Kier alpha value is -2.84. The monoisotopic (exact) mass is 427 g/mol. The summed E-state index contributed by atoms with van der Waals surface area (Å²) in [7, 11) is 0. The van der Waals surface area contributed by atoms with E-state index in [1.165, 1.54) is 11.8 Å². The molecule has 2 aromatic heterocycles. The fraction of sp³-hybridized carbons (Fsp3) is 0.200. The smallest absolute Gasteiger partial charge is 0.226 e. The Bertz CT molecular complexity index is 1110. The SMILES string of the molecule is CCOc1ccc(-n2c(SCc3nnc(C)o3)nnc2-c2cccc(Cl)c2)cc1. The van der Waals surface area contributed by atoms with Crippen LogP contribution in [0.25, 0.3) is 17.1 Å². The molecular formula is C20H18ClN5O2S. The van der Waals surface area contributed by atoms with Crippen molar-refractivity contribution in [1.82, 2.24) is 25.0 Å². The molecule has 7 nitrogen and oxygen atoms in total. The first-order valence-corrected chi connectivity index (χ1v) is 10.4. The molecule has 2 heterocycles. The molecule has 0 bridgehead atoms. The molecule has 4 rings (SSSR count). The van der Waals surface area contributed by atoms with Gasteiger partial charge in [-0.25, -0.2) is 0 Å². The summed E-state index contributed by atoms with van der Waals surface area (Å²) in [6.45, 7) is 4.34. The number of benzene rings is 2. The van der Waals surface area contributed by atoms with E-state index in [2.05, 4.69) is 20.4 Å². The summed E-state index contributed by atoms with van der Waals surface area (Å²) < 4.78 is 13.0. The molecule has 0 atom stereocenters. The second-order valence-corrected chi connectivity index (χ2v) is 7.46. The fourth-order valence-electron chi connectivity index (χ4n) is 2.79. The molecule has 0 aliphatic heterocycles. The predicted octanol–water partition coefficient (Wildman–Crippen LogP) is 4.97. The summed E-state index contributed by atoms with van der Waals surface area (Å²) in [6.07, 6.45) is 0. The zero-order valence-corrected chi connectivity index (χ0v) is 17.4. The fourth-order valence-corrected chi connectivity index (χ4v) is 3.77. The van der Waals surface area contributed by atoms with E-state index in [0.717, 1.165) is 17.0 Å². The molecule has 2 aromatic carbocycles. The molecule has 0 saturated heterocycles. The summed E-state index contributed by atoms with van der Waals surface area (Å²) in [6, 6.07) is 15.3. The van der Waals surface area contributed by atoms with Gasteiger partial charge in [0.05, 0.1) is 12.4 Å². The molecule has 0 aliphatic carbocycles. The van der Waals surface area contributed by atoms with E-state index in [4.69, 9.17) is 20.8 Å². The van der Waals surface area contributed by atoms with Crippen molar-refractivity contribution in [1.29, 1.82) is 0 Å². The van der Waals surface area contributed by atoms with Gasteiger partial charge in [-0.1, -0.05) is 35.5 Å². The topological polar surface area (TPSA) is 78.9 Å². The van der Waals surface area contributed by atoms with Crippen LogP contribution in [0.2, 0.25) is 5.02 Å². The van der Waals surface area contributed by atoms with Crippen LogP contribution >= 0.6 is 23.4 Å². The number of thioether (sulfide) groups is 1. The lowest BCUT2D eigenvalue weighted by atomic mass is 10.2. The van der Waals surface area contributed by atoms with E-state index in [9.17, 15) is 0 Å². The van der Waals surface area contributed by atoms with Crippen LogP contribution in [0.5, 0.6) is 5.75 Å². The van der Waals surface area contributed by atoms with Gasteiger partial charge in [0.1, 0.15) is 5.75 Å². The minimum absolute atomic E-state index is 0.492. The Morgan fingerprint density at radius 2 is 1.90 bits per heavy atom. The Kier molecular flexibility index (Phi) is 5.82. The molecule has 0 aliphatic rings. The molecule has 4 aromatic rings. The lowest BCUT2D eigenvalue weighted by Crippen LogP contribution is -2.00. The maximum absolute atomic E-state index is 6.19. The zero-order chi connectivity index (χ0) is 20.2. The van der Waals surface area contributed by atoms with Crippen molar-refractivity contribution in [2.45, 2.75) is 24.8 Å². The minimum Gasteiger partial charge on any atom is -0.494 e. The Morgan fingerprint density at radius 3 is 2.59 bits per heavy atom. The number of nitrogens with zero attached hydrogens (tertiary/aromatic N) is 5. The van der Waals surface area contributed by atoms with Crippen LogP contribution in [0.1, 0.15) is 18.7 Å². The number of aryl methyl sites for hydroxylation is 1. The van der Waals surface area contributed by atoms with Crippen LogP contribution in [-0.2, 0) is 5.75 Å². The van der Waals surface area contributed by atoms with Gasteiger partial charge in [-0.05, 0) is 43.3 Å². The average molecular weight is 428 g/mol. The highest BCUT2D eigenvalue weighted by atomic mass is 35.5. The van der Waals surface area contributed by atoms with Gasteiger partial charge in [0.15, 0.2) is 11.0 Å². The van der Waals surface area contributed by atoms with Crippen molar-refractivity contribution >= 4 is 23.4 Å². The first-order chi connectivity index (χ1) is 14.1. The molecule has 0 spiro atoms. The van der Waals surface area contributed by atoms with E-state index in [-0.39, 0.29) is 0 Å². The van der Waals surface area contributed by atoms with E-state index in [1.807, 2.05) is 60.0 Å². The summed E-state index contributed by atoms with van der Waals surface area (Å²) in [5.74, 6) is 3.07. The van der Waals surface area contributed by atoms with Crippen molar-refractivity contribution < 1.29 is 9.15 Å². The van der Waals surface area contributed by atoms with Crippen LogP contribution in [0, 0.1) is 6.92 Å². The molecule has 148 valence electrons. The summed E-state index contributed by atoms with van der Waals surface area (Å²) >= 11 is 7.66. The van der Waals surface area contributed by atoms with Gasteiger partial charge in [0, 0.05) is 23.2 Å². The van der Waals surface area contributed by atoms with Gasteiger partial charge in [-0.15, -0.1) is 20.4 Å². The van der Waals surface area contributed by atoms with Crippen LogP contribution < -0.4 is 4.74 Å². The number of hydrogen-bond donors (Lipinski definition) is 0. The molecule has 9 heteroatoms. The van der Waals surface area contributed by atoms with Crippen LogP contribution in [0.3, 0.4) is 0 Å². The number of aromatic nitrogens is 5. The average Bonchev–Trinajstić information content (AvgIpc) is 3.33. The molecule has 0 amide bonds. The van der Waals surface area contributed by atoms with Crippen LogP contribution in [0.15, 0.2) is 58.1 Å². The maximum Gasteiger partial charge on any atom is 0.226 e. The Balaban J connectivity index is 1.72. The van der Waals surface area contributed by atoms with E-state index in [0.29, 0.717) is 40.1 Å². The van der Waals surface area contributed by atoms with E-state index < -0.39 is 0 Å². The third-order valence-corrected chi connectivity index (χ3v) is 5.16. The van der Waals surface area contributed by atoms with Crippen molar-refractivity contribution in [2.75, 3.05) is 6.61 Å². The maximum atomic E-state index is 6.19. The number of ether oxygens (including phenoxy) is 1. The number of halogens is 1. The highest BCUT2D eigenvalue weighted by Crippen LogP contribution is 2.31. The Morgan fingerprint density at radius 1 is 1.07 bits per heavy atom. The Labute approximate surface area is 177 Å².